The van der Waals surface area contributed by atoms with Crippen LogP contribution < -0.4 is 0 Å². The van der Waals surface area contributed by atoms with Gasteiger partial charge in [0.2, 0.25) is 0 Å². The summed E-state index contributed by atoms with van der Waals surface area (Å²) in [5, 5.41) is 1.27. The van der Waals surface area contributed by atoms with Gasteiger partial charge in [-0.15, -0.1) is 0 Å². The van der Waals surface area contributed by atoms with Crippen molar-refractivity contribution in [3.05, 3.63) is 53.1 Å². The summed E-state index contributed by atoms with van der Waals surface area (Å²) in [6.45, 7) is 2.10. The molecule has 0 saturated carbocycles. The van der Waals surface area contributed by atoms with E-state index in [1.54, 1.807) is 14.2 Å². The van der Waals surface area contributed by atoms with E-state index in [2.05, 4.69) is 48.9 Å². The van der Waals surface area contributed by atoms with Crippen LogP contribution >= 0.6 is 0 Å². The number of allylic oxidation sites excluding steroid dienone is 2. The van der Waals surface area contributed by atoms with Crippen LogP contribution in [0.15, 0.2) is 41.9 Å². The second kappa shape index (κ2) is 4.75. The van der Waals surface area contributed by atoms with Crippen LogP contribution in [0, 0.1) is 0 Å². The predicted octanol–water partition coefficient (Wildman–Crippen LogP) is 3.64. The molecule has 20 heavy (non-hydrogen) atoms. The lowest BCUT2D eigenvalue weighted by molar-refractivity contribution is 0.221. The van der Waals surface area contributed by atoms with Gasteiger partial charge in [0.1, 0.15) is 0 Å². The van der Waals surface area contributed by atoms with Crippen molar-refractivity contribution in [1.82, 2.24) is 4.57 Å². The summed E-state index contributed by atoms with van der Waals surface area (Å²) in [4.78, 5) is 0. The van der Waals surface area contributed by atoms with Crippen molar-refractivity contribution >= 4 is 16.5 Å². The summed E-state index contributed by atoms with van der Waals surface area (Å²) in [5.74, 6) is 1.63. The molecule has 3 rings (SSSR count). The topological polar surface area (TPSA) is 23.4 Å². The Bertz CT molecular complexity index is 735. The minimum absolute atomic E-state index is 0.810. The molecule has 0 atom stereocenters. The van der Waals surface area contributed by atoms with Gasteiger partial charge in [0, 0.05) is 41.2 Å². The molecular weight excluding hydrogens is 250 g/mol. The highest BCUT2D eigenvalue weighted by molar-refractivity contribution is 5.95. The van der Waals surface area contributed by atoms with E-state index in [1.807, 2.05) is 0 Å². The highest BCUT2D eigenvalue weighted by Crippen LogP contribution is 2.37. The van der Waals surface area contributed by atoms with Crippen LogP contribution in [-0.4, -0.2) is 18.8 Å². The summed E-state index contributed by atoms with van der Waals surface area (Å²) >= 11 is 0. The van der Waals surface area contributed by atoms with Gasteiger partial charge in [-0.1, -0.05) is 18.2 Å². The SMILES string of the molecule is COC1=CCc2c(c3ccccc3n2C)C(C)=C1OC. The molecule has 1 heterocycles. The normalized spacial score (nSPS) is 14.9. The molecule has 0 radical (unpaired) electrons. The van der Waals surface area contributed by atoms with Gasteiger partial charge in [0.25, 0.3) is 0 Å². The lowest BCUT2D eigenvalue weighted by Gasteiger charge is -2.12. The van der Waals surface area contributed by atoms with Gasteiger partial charge in [0.15, 0.2) is 11.5 Å². The molecule has 0 N–H and O–H groups in total. The van der Waals surface area contributed by atoms with Gasteiger partial charge >= 0.3 is 0 Å². The van der Waals surface area contributed by atoms with Crippen molar-refractivity contribution in [2.24, 2.45) is 7.05 Å². The fraction of sp³-hybridized carbons (Fsp3) is 0.294. The summed E-state index contributed by atoms with van der Waals surface area (Å²) in [7, 11) is 5.50. The number of aryl methyl sites for hydroxylation is 1. The summed E-state index contributed by atoms with van der Waals surface area (Å²) in [6.07, 6.45) is 2.93. The van der Waals surface area contributed by atoms with Crippen LogP contribution in [0.5, 0.6) is 0 Å². The Labute approximate surface area is 119 Å². The zero-order valence-corrected chi connectivity index (χ0v) is 12.4. The standard InChI is InChI=1S/C17H19NO2/c1-11-16-12-7-5-6-8-13(12)18(2)14(16)9-10-15(19-3)17(11)20-4/h5-8,10H,9H2,1-4H3. The molecule has 0 aliphatic heterocycles. The average Bonchev–Trinajstić information content (AvgIpc) is 2.67. The molecule has 104 valence electrons. The minimum Gasteiger partial charge on any atom is -0.493 e. The smallest absolute Gasteiger partial charge is 0.163 e. The second-order valence-corrected chi connectivity index (χ2v) is 5.03. The Morgan fingerprint density at radius 2 is 1.85 bits per heavy atom. The first-order valence-corrected chi connectivity index (χ1v) is 6.75. The largest absolute Gasteiger partial charge is 0.493 e. The molecule has 3 heteroatoms. The maximum absolute atomic E-state index is 5.58. The van der Waals surface area contributed by atoms with Crippen LogP contribution in [0.1, 0.15) is 18.2 Å². The number of hydrogen-bond donors (Lipinski definition) is 0. The fourth-order valence-corrected chi connectivity index (χ4v) is 3.11. The quantitative estimate of drug-likeness (QED) is 0.831. The van der Waals surface area contributed by atoms with Gasteiger partial charge in [-0.05, 0) is 19.1 Å². The minimum atomic E-state index is 0.810. The Morgan fingerprint density at radius 1 is 1.10 bits per heavy atom. The van der Waals surface area contributed by atoms with Crippen molar-refractivity contribution in [2.45, 2.75) is 13.3 Å². The molecule has 1 aliphatic carbocycles. The number of benzene rings is 1. The third kappa shape index (κ3) is 1.66. The van der Waals surface area contributed by atoms with Gasteiger partial charge < -0.3 is 14.0 Å². The number of aromatic nitrogens is 1. The molecule has 1 aromatic heterocycles. The summed E-state index contributed by atoms with van der Waals surface area (Å²) < 4.78 is 13.3. The van der Waals surface area contributed by atoms with E-state index in [0.29, 0.717) is 0 Å². The number of fused-ring (bicyclic) bond motifs is 3. The lowest BCUT2D eigenvalue weighted by Crippen LogP contribution is -1.97. The number of nitrogens with zero attached hydrogens (tertiary/aromatic N) is 1. The molecule has 1 aromatic carbocycles. The van der Waals surface area contributed by atoms with Crippen molar-refractivity contribution in [3.63, 3.8) is 0 Å². The first-order valence-electron chi connectivity index (χ1n) is 6.75. The van der Waals surface area contributed by atoms with E-state index in [0.717, 1.165) is 23.5 Å². The average molecular weight is 269 g/mol. The molecule has 1 aliphatic rings. The number of hydrogen-bond acceptors (Lipinski definition) is 2. The van der Waals surface area contributed by atoms with E-state index in [1.165, 1.54) is 22.2 Å². The molecule has 0 fully saturated rings. The number of ether oxygens (including phenoxy) is 2. The monoisotopic (exact) mass is 269 g/mol. The fourth-order valence-electron chi connectivity index (χ4n) is 3.11. The first-order chi connectivity index (χ1) is 9.69. The maximum Gasteiger partial charge on any atom is 0.163 e. The molecule has 0 bridgehead atoms. The zero-order chi connectivity index (χ0) is 14.3. The summed E-state index contributed by atoms with van der Waals surface area (Å²) in [5.41, 5.74) is 4.94. The molecule has 2 aromatic rings. The molecule has 3 nitrogen and oxygen atoms in total. The number of rotatable bonds is 2. The van der Waals surface area contributed by atoms with E-state index in [4.69, 9.17) is 9.47 Å². The molecular formula is C17H19NO2. The Balaban J connectivity index is 2.38. The van der Waals surface area contributed by atoms with Crippen molar-refractivity contribution in [2.75, 3.05) is 14.2 Å². The second-order valence-electron chi connectivity index (χ2n) is 5.03. The third-order valence-corrected chi connectivity index (χ3v) is 4.07. The Kier molecular flexibility index (Phi) is 3.05. The molecule has 0 unspecified atom stereocenters. The van der Waals surface area contributed by atoms with Gasteiger partial charge in [-0.2, -0.15) is 0 Å². The Hall–Kier alpha value is -2.16. The molecule has 0 spiro atoms. The van der Waals surface area contributed by atoms with Gasteiger partial charge in [0.05, 0.1) is 14.2 Å². The predicted molar refractivity (Wildman–Crippen MR) is 81.3 cm³/mol. The van der Waals surface area contributed by atoms with Crippen LogP contribution in [0.3, 0.4) is 0 Å². The van der Waals surface area contributed by atoms with Crippen LogP contribution in [-0.2, 0) is 22.9 Å². The van der Waals surface area contributed by atoms with Crippen LogP contribution in [0.2, 0.25) is 0 Å². The van der Waals surface area contributed by atoms with Crippen molar-refractivity contribution in [3.8, 4) is 0 Å². The number of methoxy groups -OCH3 is 2. The van der Waals surface area contributed by atoms with E-state index in [-0.39, 0.29) is 0 Å². The molecule has 0 saturated heterocycles. The highest BCUT2D eigenvalue weighted by atomic mass is 16.5. The summed E-state index contributed by atoms with van der Waals surface area (Å²) in [6, 6.07) is 8.49. The first kappa shape index (κ1) is 12.9. The Morgan fingerprint density at radius 3 is 2.55 bits per heavy atom. The highest BCUT2D eigenvalue weighted by Gasteiger charge is 2.23. The van der Waals surface area contributed by atoms with Crippen LogP contribution in [0.25, 0.3) is 16.5 Å². The van der Waals surface area contributed by atoms with Gasteiger partial charge in [-0.3, -0.25) is 0 Å². The van der Waals surface area contributed by atoms with E-state index < -0.39 is 0 Å². The van der Waals surface area contributed by atoms with Crippen molar-refractivity contribution < 1.29 is 9.47 Å². The van der Waals surface area contributed by atoms with E-state index in [9.17, 15) is 0 Å². The zero-order valence-electron chi connectivity index (χ0n) is 12.4. The van der Waals surface area contributed by atoms with Crippen LogP contribution in [0.4, 0.5) is 0 Å². The molecule has 0 amide bonds. The van der Waals surface area contributed by atoms with Gasteiger partial charge in [-0.25, -0.2) is 0 Å². The van der Waals surface area contributed by atoms with Crippen molar-refractivity contribution in [1.29, 1.82) is 0 Å². The maximum atomic E-state index is 5.58. The number of para-hydroxylation sites is 1. The third-order valence-electron chi connectivity index (χ3n) is 4.07. The lowest BCUT2D eigenvalue weighted by atomic mass is 10.0. The van der Waals surface area contributed by atoms with E-state index >= 15 is 0 Å².